The Labute approximate surface area is 129 Å². The van der Waals surface area contributed by atoms with Gasteiger partial charge in [0.25, 0.3) is 0 Å². The van der Waals surface area contributed by atoms with Crippen molar-refractivity contribution in [1.82, 2.24) is 5.32 Å². The summed E-state index contributed by atoms with van der Waals surface area (Å²) >= 11 is 6.09. The molecule has 1 aliphatic heterocycles. The van der Waals surface area contributed by atoms with Crippen molar-refractivity contribution >= 4 is 34.8 Å². The Morgan fingerprint density at radius 3 is 2.71 bits per heavy atom. The molecule has 0 saturated carbocycles. The van der Waals surface area contributed by atoms with E-state index in [1.54, 1.807) is 18.2 Å². The number of rotatable bonds is 3. The van der Waals surface area contributed by atoms with E-state index in [1.807, 2.05) is 0 Å². The number of amides is 2. The van der Waals surface area contributed by atoms with E-state index >= 15 is 0 Å². The summed E-state index contributed by atoms with van der Waals surface area (Å²) in [4.78, 5) is 23.3. The number of halogens is 1. The first-order valence-electron chi connectivity index (χ1n) is 7.09. The molecule has 2 rings (SSSR count). The molecular weight excluding hydrogens is 290 g/mol. The van der Waals surface area contributed by atoms with Crippen LogP contribution in [0, 0.1) is 5.92 Å². The normalized spacial score (nSPS) is 21.7. The van der Waals surface area contributed by atoms with Crippen LogP contribution in [0.5, 0.6) is 0 Å². The monoisotopic (exact) mass is 309 g/mol. The van der Waals surface area contributed by atoms with Gasteiger partial charge >= 0.3 is 0 Å². The second-order valence-electron chi connectivity index (χ2n) is 5.42. The van der Waals surface area contributed by atoms with Crippen LogP contribution in [0.3, 0.4) is 0 Å². The lowest BCUT2D eigenvalue weighted by Gasteiger charge is -2.29. The lowest BCUT2D eigenvalue weighted by Crippen LogP contribution is -2.48. The maximum absolute atomic E-state index is 12.3. The highest BCUT2D eigenvalue weighted by Gasteiger charge is 2.27. The van der Waals surface area contributed by atoms with Crippen molar-refractivity contribution in [2.45, 2.75) is 32.7 Å². The fourth-order valence-corrected chi connectivity index (χ4v) is 2.73. The van der Waals surface area contributed by atoms with Gasteiger partial charge < -0.3 is 16.0 Å². The van der Waals surface area contributed by atoms with Gasteiger partial charge in [0, 0.05) is 12.6 Å². The van der Waals surface area contributed by atoms with E-state index in [-0.39, 0.29) is 17.9 Å². The fraction of sp³-hybridized carbons (Fsp3) is 0.467. The maximum atomic E-state index is 12.3. The van der Waals surface area contributed by atoms with Crippen LogP contribution in [0.25, 0.3) is 0 Å². The lowest BCUT2D eigenvalue weighted by molar-refractivity contribution is -0.119. The SMILES string of the molecule is CC(=O)Nc1ccc(NC(=O)C2NCCCC2C)cc1Cl. The molecule has 2 unspecified atom stereocenters. The average molecular weight is 310 g/mol. The molecule has 0 bridgehead atoms. The highest BCUT2D eigenvalue weighted by atomic mass is 35.5. The van der Waals surface area contributed by atoms with Crippen LogP contribution in [0.2, 0.25) is 5.02 Å². The summed E-state index contributed by atoms with van der Waals surface area (Å²) in [7, 11) is 0. The zero-order valence-electron chi connectivity index (χ0n) is 12.2. The van der Waals surface area contributed by atoms with Gasteiger partial charge in [0.15, 0.2) is 0 Å². The summed E-state index contributed by atoms with van der Waals surface area (Å²) in [5, 5.41) is 9.13. The van der Waals surface area contributed by atoms with E-state index in [4.69, 9.17) is 11.6 Å². The van der Waals surface area contributed by atoms with Crippen LogP contribution in [-0.4, -0.2) is 24.4 Å². The largest absolute Gasteiger partial charge is 0.325 e. The van der Waals surface area contributed by atoms with E-state index in [9.17, 15) is 9.59 Å². The van der Waals surface area contributed by atoms with Crippen LogP contribution in [0.1, 0.15) is 26.7 Å². The highest BCUT2D eigenvalue weighted by molar-refractivity contribution is 6.34. The molecule has 2 amide bonds. The molecule has 0 aliphatic carbocycles. The number of carbonyl (C=O) groups is 2. The van der Waals surface area contributed by atoms with E-state index in [1.165, 1.54) is 6.92 Å². The number of nitrogens with one attached hydrogen (secondary N) is 3. The Hall–Kier alpha value is -1.59. The minimum atomic E-state index is -0.186. The minimum Gasteiger partial charge on any atom is -0.325 e. The number of hydrogen-bond acceptors (Lipinski definition) is 3. The average Bonchev–Trinajstić information content (AvgIpc) is 2.42. The maximum Gasteiger partial charge on any atom is 0.241 e. The second-order valence-corrected chi connectivity index (χ2v) is 5.82. The number of piperidine rings is 1. The number of anilines is 2. The predicted molar refractivity (Wildman–Crippen MR) is 84.6 cm³/mol. The summed E-state index contributed by atoms with van der Waals surface area (Å²) in [5.41, 5.74) is 1.16. The quantitative estimate of drug-likeness (QED) is 0.804. The topological polar surface area (TPSA) is 70.2 Å². The summed E-state index contributed by atoms with van der Waals surface area (Å²) in [6, 6.07) is 4.87. The molecule has 21 heavy (non-hydrogen) atoms. The van der Waals surface area contributed by atoms with Crippen molar-refractivity contribution in [2.75, 3.05) is 17.2 Å². The Balaban J connectivity index is 2.04. The summed E-state index contributed by atoms with van der Waals surface area (Å²) in [6.45, 7) is 4.36. The van der Waals surface area contributed by atoms with Gasteiger partial charge in [-0.25, -0.2) is 0 Å². The molecule has 2 atom stereocenters. The van der Waals surface area contributed by atoms with Crippen molar-refractivity contribution in [1.29, 1.82) is 0 Å². The smallest absolute Gasteiger partial charge is 0.241 e. The number of benzene rings is 1. The first-order valence-corrected chi connectivity index (χ1v) is 7.46. The van der Waals surface area contributed by atoms with Crippen LogP contribution in [0.15, 0.2) is 18.2 Å². The van der Waals surface area contributed by atoms with Crippen molar-refractivity contribution in [3.05, 3.63) is 23.2 Å². The van der Waals surface area contributed by atoms with Gasteiger partial charge in [0.05, 0.1) is 16.8 Å². The number of hydrogen-bond donors (Lipinski definition) is 3. The van der Waals surface area contributed by atoms with Crippen molar-refractivity contribution in [3.8, 4) is 0 Å². The van der Waals surface area contributed by atoms with Gasteiger partial charge in [-0.2, -0.15) is 0 Å². The Bertz CT molecular complexity index is 548. The fourth-order valence-electron chi connectivity index (χ4n) is 2.50. The molecule has 1 fully saturated rings. The summed E-state index contributed by atoms with van der Waals surface area (Å²) < 4.78 is 0. The van der Waals surface area contributed by atoms with Gasteiger partial charge in [-0.15, -0.1) is 0 Å². The standard InChI is InChI=1S/C15H20ClN3O2/c1-9-4-3-7-17-14(9)15(21)19-11-5-6-13(12(16)8-11)18-10(2)20/h5-6,8-9,14,17H,3-4,7H2,1-2H3,(H,18,20)(H,19,21). The molecule has 3 N–H and O–H groups in total. The first kappa shape index (κ1) is 15.8. The van der Waals surface area contributed by atoms with E-state index in [2.05, 4.69) is 22.9 Å². The van der Waals surface area contributed by atoms with Gasteiger partial charge in [0.2, 0.25) is 11.8 Å². The Morgan fingerprint density at radius 1 is 1.33 bits per heavy atom. The van der Waals surface area contributed by atoms with Gasteiger partial charge in [-0.1, -0.05) is 18.5 Å². The van der Waals surface area contributed by atoms with Crippen molar-refractivity contribution in [2.24, 2.45) is 5.92 Å². The lowest BCUT2D eigenvalue weighted by atomic mass is 9.92. The molecular formula is C15H20ClN3O2. The third-order valence-electron chi connectivity index (χ3n) is 3.60. The van der Waals surface area contributed by atoms with E-state index in [0.29, 0.717) is 22.3 Å². The molecule has 1 saturated heterocycles. The zero-order chi connectivity index (χ0) is 15.4. The van der Waals surface area contributed by atoms with Gasteiger partial charge in [-0.05, 0) is 43.5 Å². The van der Waals surface area contributed by atoms with Crippen LogP contribution >= 0.6 is 11.6 Å². The van der Waals surface area contributed by atoms with Crippen LogP contribution < -0.4 is 16.0 Å². The summed E-state index contributed by atoms with van der Waals surface area (Å²) in [5.74, 6) is 0.0762. The molecule has 0 spiro atoms. The van der Waals surface area contributed by atoms with E-state index < -0.39 is 0 Å². The number of carbonyl (C=O) groups excluding carboxylic acids is 2. The van der Waals surface area contributed by atoms with Crippen LogP contribution in [0.4, 0.5) is 11.4 Å². The molecule has 1 aliphatic rings. The summed E-state index contributed by atoms with van der Waals surface area (Å²) in [6.07, 6.45) is 2.15. The predicted octanol–water partition coefficient (Wildman–Crippen LogP) is 2.62. The molecule has 0 radical (unpaired) electrons. The molecule has 5 nitrogen and oxygen atoms in total. The molecule has 6 heteroatoms. The Morgan fingerprint density at radius 2 is 2.10 bits per heavy atom. The molecule has 1 heterocycles. The molecule has 0 aromatic heterocycles. The van der Waals surface area contributed by atoms with Gasteiger partial charge in [-0.3, -0.25) is 9.59 Å². The molecule has 1 aromatic carbocycles. The molecule has 114 valence electrons. The van der Waals surface area contributed by atoms with E-state index in [0.717, 1.165) is 19.4 Å². The minimum absolute atomic E-state index is 0.0504. The highest BCUT2D eigenvalue weighted by Crippen LogP contribution is 2.26. The third kappa shape index (κ3) is 4.19. The third-order valence-corrected chi connectivity index (χ3v) is 3.91. The zero-order valence-corrected chi connectivity index (χ0v) is 13.0. The first-order chi connectivity index (χ1) is 9.97. The van der Waals surface area contributed by atoms with Gasteiger partial charge in [0.1, 0.15) is 0 Å². The van der Waals surface area contributed by atoms with Crippen molar-refractivity contribution < 1.29 is 9.59 Å². The second kappa shape index (κ2) is 6.91. The van der Waals surface area contributed by atoms with Crippen molar-refractivity contribution in [3.63, 3.8) is 0 Å². The molecule has 1 aromatic rings. The van der Waals surface area contributed by atoms with Crippen LogP contribution in [-0.2, 0) is 9.59 Å². The Kier molecular flexibility index (Phi) is 5.20.